The molecule has 94 valence electrons. The van der Waals surface area contributed by atoms with Crippen molar-refractivity contribution in [3.8, 4) is 11.3 Å². The van der Waals surface area contributed by atoms with E-state index >= 15 is 0 Å². The molecule has 0 radical (unpaired) electrons. The number of rotatable bonds is 1. The SMILES string of the molecule is [2H]C([2H])([2H])c1c(C)cc(-c2c(C)cccc2C)[n+](C)c1C. The summed E-state index contributed by atoms with van der Waals surface area (Å²) in [7, 11) is 1.94. The number of nitrogens with zero attached hydrogens (tertiary/aromatic N) is 1. The third-order valence-electron chi connectivity index (χ3n) is 3.71. The third-order valence-corrected chi connectivity index (χ3v) is 3.71. The summed E-state index contributed by atoms with van der Waals surface area (Å²) >= 11 is 0. The van der Waals surface area contributed by atoms with Gasteiger partial charge in [0.15, 0.2) is 5.69 Å². The Balaban J connectivity index is 2.80. The first kappa shape index (κ1) is 9.32. The second-order valence-corrected chi connectivity index (χ2v) is 5.00. The Morgan fingerprint density at radius 2 is 1.61 bits per heavy atom. The highest BCUT2D eigenvalue weighted by atomic mass is 14.9. The fraction of sp³-hybridized carbons (Fsp3) is 0.353. The summed E-state index contributed by atoms with van der Waals surface area (Å²) in [6, 6.07) is 8.21. The van der Waals surface area contributed by atoms with Crippen LogP contribution in [0.5, 0.6) is 0 Å². The standard InChI is InChI=1S/C17H22N/c1-11-8-7-9-12(2)17(11)16-10-13(3)14(4)15(5)18(16)6/h7-10H,1-6H3/q+1/i4D3. The lowest BCUT2D eigenvalue weighted by Crippen LogP contribution is -2.36. The first-order valence-corrected chi connectivity index (χ1v) is 6.22. The Bertz CT molecular complexity index is 680. The van der Waals surface area contributed by atoms with Crippen LogP contribution in [0.2, 0.25) is 0 Å². The molecular formula is C17H22N+. The zero-order chi connectivity index (χ0) is 15.9. The quantitative estimate of drug-likeness (QED) is 0.672. The van der Waals surface area contributed by atoms with Crippen LogP contribution in [0.25, 0.3) is 11.3 Å². The molecule has 0 fully saturated rings. The van der Waals surface area contributed by atoms with Crippen LogP contribution >= 0.6 is 0 Å². The summed E-state index contributed by atoms with van der Waals surface area (Å²) in [5.41, 5.74) is 6.73. The summed E-state index contributed by atoms with van der Waals surface area (Å²) in [4.78, 5) is 0. The van der Waals surface area contributed by atoms with Crippen LogP contribution in [0.4, 0.5) is 0 Å². The predicted octanol–water partition coefficient (Wildman–Crippen LogP) is 3.72. The average Bonchev–Trinajstić information content (AvgIpc) is 2.33. The molecule has 18 heavy (non-hydrogen) atoms. The zero-order valence-corrected chi connectivity index (χ0v) is 11.8. The van der Waals surface area contributed by atoms with Gasteiger partial charge in [0.2, 0.25) is 5.69 Å². The normalized spacial score (nSPS) is 13.9. The molecule has 1 heterocycles. The van der Waals surface area contributed by atoms with E-state index < -0.39 is 6.85 Å². The molecule has 1 aromatic heterocycles. The van der Waals surface area contributed by atoms with E-state index in [-0.39, 0.29) is 0 Å². The second kappa shape index (κ2) is 4.56. The van der Waals surface area contributed by atoms with Crippen molar-refractivity contribution in [1.29, 1.82) is 0 Å². The molecule has 2 aromatic rings. The van der Waals surface area contributed by atoms with Crippen LogP contribution in [0.15, 0.2) is 24.3 Å². The van der Waals surface area contributed by atoms with Crippen molar-refractivity contribution in [3.63, 3.8) is 0 Å². The van der Waals surface area contributed by atoms with Gasteiger partial charge in [-0.15, -0.1) is 0 Å². The van der Waals surface area contributed by atoms with Crippen LogP contribution < -0.4 is 4.57 Å². The van der Waals surface area contributed by atoms with Gasteiger partial charge in [0, 0.05) is 22.7 Å². The topological polar surface area (TPSA) is 3.88 Å². The third kappa shape index (κ3) is 1.94. The molecule has 1 aromatic carbocycles. The lowest BCUT2D eigenvalue weighted by molar-refractivity contribution is -0.667. The molecule has 0 bridgehead atoms. The summed E-state index contributed by atoms with van der Waals surface area (Å²) in [5.74, 6) is 0. The maximum Gasteiger partial charge on any atom is 0.213 e. The van der Waals surface area contributed by atoms with Gasteiger partial charge in [-0.3, -0.25) is 0 Å². The van der Waals surface area contributed by atoms with Gasteiger partial charge < -0.3 is 0 Å². The van der Waals surface area contributed by atoms with Gasteiger partial charge in [-0.05, 0) is 44.3 Å². The maximum absolute atomic E-state index is 7.73. The molecule has 0 spiro atoms. The molecule has 0 N–H and O–H groups in total. The maximum atomic E-state index is 7.73. The van der Waals surface area contributed by atoms with Gasteiger partial charge in [0.1, 0.15) is 7.05 Å². The monoisotopic (exact) mass is 243 g/mol. The van der Waals surface area contributed by atoms with E-state index in [1.165, 1.54) is 16.7 Å². The minimum absolute atomic E-state index is 0.458. The highest BCUT2D eigenvalue weighted by Crippen LogP contribution is 2.26. The minimum Gasteiger partial charge on any atom is -0.198 e. The fourth-order valence-electron chi connectivity index (χ4n) is 2.47. The summed E-state index contributed by atoms with van der Waals surface area (Å²) in [6.45, 7) is 5.86. The van der Waals surface area contributed by atoms with Crippen LogP contribution in [0, 0.1) is 34.5 Å². The molecule has 0 aliphatic heterocycles. The molecule has 0 aliphatic carbocycles. The Kier molecular flexibility index (Phi) is 2.36. The Morgan fingerprint density at radius 3 is 2.17 bits per heavy atom. The number of aryl methyl sites for hydroxylation is 3. The van der Waals surface area contributed by atoms with E-state index in [2.05, 4.69) is 26.0 Å². The largest absolute Gasteiger partial charge is 0.213 e. The van der Waals surface area contributed by atoms with E-state index in [9.17, 15) is 0 Å². The minimum atomic E-state index is -2.08. The van der Waals surface area contributed by atoms with E-state index in [0.717, 1.165) is 17.0 Å². The summed E-state index contributed by atoms with van der Waals surface area (Å²) in [5, 5.41) is 0. The molecule has 0 unspecified atom stereocenters. The predicted molar refractivity (Wildman–Crippen MR) is 76.7 cm³/mol. The van der Waals surface area contributed by atoms with Crippen LogP contribution in [-0.4, -0.2) is 0 Å². The molecule has 1 heteroatoms. The molecule has 0 saturated carbocycles. The van der Waals surface area contributed by atoms with E-state index in [4.69, 9.17) is 4.11 Å². The van der Waals surface area contributed by atoms with Gasteiger partial charge in [0.05, 0.1) is 5.56 Å². The summed E-state index contributed by atoms with van der Waals surface area (Å²) < 4.78 is 25.2. The number of pyridine rings is 1. The van der Waals surface area contributed by atoms with Gasteiger partial charge in [-0.2, -0.15) is 4.57 Å². The molecule has 2 rings (SSSR count). The first-order valence-electron chi connectivity index (χ1n) is 7.72. The lowest BCUT2D eigenvalue weighted by Gasteiger charge is -2.12. The molecule has 0 saturated heterocycles. The summed E-state index contributed by atoms with van der Waals surface area (Å²) in [6.07, 6.45) is 0. The van der Waals surface area contributed by atoms with Crippen molar-refractivity contribution in [2.24, 2.45) is 7.05 Å². The van der Waals surface area contributed by atoms with Crippen molar-refractivity contribution >= 4 is 0 Å². The highest BCUT2D eigenvalue weighted by molar-refractivity contribution is 5.66. The number of hydrogen-bond acceptors (Lipinski definition) is 0. The Hall–Kier alpha value is -1.63. The van der Waals surface area contributed by atoms with Crippen molar-refractivity contribution in [2.75, 3.05) is 0 Å². The van der Waals surface area contributed by atoms with Crippen molar-refractivity contribution in [1.82, 2.24) is 0 Å². The number of hydrogen-bond donors (Lipinski definition) is 0. The smallest absolute Gasteiger partial charge is 0.198 e. The molecule has 0 aliphatic rings. The van der Waals surface area contributed by atoms with E-state index in [1.807, 2.05) is 37.6 Å². The van der Waals surface area contributed by atoms with Crippen molar-refractivity contribution < 1.29 is 8.68 Å². The van der Waals surface area contributed by atoms with Gasteiger partial charge in [0.25, 0.3) is 0 Å². The lowest BCUT2D eigenvalue weighted by atomic mass is 9.96. The van der Waals surface area contributed by atoms with Gasteiger partial charge in [-0.25, -0.2) is 0 Å². The fourth-order valence-corrected chi connectivity index (χ4v) is 2.47. The van der Waals surface area contributed by atoms with E-state index in [1.54, 1.807) is 0 Å². The van der Waals surface area contributed by atoms with Crippen LogP contribution in [0.3, 0.4) is 0 Å². The average molecular weight is 243 g/mol. The molecule has 0 atom stereocenters. The molecular weight excluding hydrogens is 218 g/mol. The second-order valence-electron chi connectivity index (χ2n) is 5.00. The van der Waals surface area contributed by atoms with Crippen molar-refractivity contribution in [3.05, 3.63) is 52.2 Å². The number of benzene rings is 1. The molecule has 1 nitrogen and oxygen atoms in total. The first-order chi connectivity index (χ1) is 9.64. The molecule has 0 amide bonds. The van der Waals surface area contributed by atoms with Crippen LogP contribution in [0.1, 0.15) is 32.1 Å². The highest BCUT2D eigenvalue weighted by Gasteiger charge is 2.19. The van der Waals surface area contributed by atoms with Gasteiger partial charge >= 0.3 is 0 Å². The number of aromatic nitrogens is 1. The van der Waals surface area contributed by atoms with E-state index in [0.29, 0.717) is 5.56 Å². The zero-order valence-electron chi connectivity index (χ0n) is 14.8. The Morgan fingerprint density at radius 1 is 1.00 bits per heavy atom. The van der Waals surface area contributed by atoms with Crippen molar-refractivity contribution in [2.45, 2.75) is 34.5 Å². The van der Waals surface area contributed by atoms with Gasteiger partial charge in [-0.1, -0.05) is 18.2 Å². The Labute approximate surface area is 114 Å². The van der Waals surface area contributed by atoms with Crippen LogP contribution in [-0.2, 0) is 7.05 Å².